The lowest BCUT2D eigenvalue weighted by molar-refractivity contribution is -0.137. The van der Waals surface area contributed by atoms with Gasteiger partial charge in [-0.05, 0) is 30.3 Å². The maximum Gasteiger partial charge on any atom is 0.416 e. The summed E-state index contributed by atoms with van der Waals surface area (Å²) in [6.07, 6.45) is -5.04. The second-order valence-electron chi connectivity index (χ2n) is 7.05. The van der Waals surface area contributed by atoms with Gasteiger partial charge in [-0.2, -0.15) is 13.2 Å². The fourth-order valence-corrected chi connectivity index (χ4v) is 3.54. The highest BCUT2D eigenvalue weighted by molar-refractivity contribution is 5.84. The first-order chi connectivity index (χ1) is 14.4. The molecule has 2 aliphatic rings. The first-order valence-electron chi connectivity index (χ1n) is 9.41. The molecule has 10 heteroatoms. The summed E-state index contributed by atoms with van der Waals surface area (Å²) in [5.41, 5.74) is 0.0188. The van der Waals surface area contributed by atoms with E-state index in [0.717, 1.165) is 17.8 Å². The molecule has 3 heterocycles. The molecule has 0 radical (unpaired) electrons. The van der Waals surface area contributed by atoms with Crippen LogP contribution in [0, 0.1) is 0 Å². The number of amides is 1. The van der Waals surface area contributed by atoms with Gasteiger partial charge in [0.25, 0.3) is 0 Å². The van der Waals surface area contributed by atoms with Gasteiger partial charge in [-0.15, -0.1) is 0 Å². The van der Waals surface area contributed by atoms with Gasteiger partial charge in [0.15, 0.2) is 6.10 Å². The number of nitrogens with one attached hydrogen (secondary N) is 2. The summed E-state index contributed by atoms with van der Waals surface area (Å²) in [6.45, 7) is 1.08. The average molecular weight is 423 g/mol. The molecular formula is C20H20F3N3O4. The largest absolute Gasteiger partial charge is 0.441 e. The third-order valence-electron chi connectivity index (χ3n) is 4.97. The zero-order valence-electron chi connectivity index (χ0n) is 15.8. The normalized spacial score (nSPS) is 25.7. The Kier molecular flexibility index (Phi) is 5.89. The van der Waals surface area contributed by atoms with E-state index in [9.17, 15) is 18.0 Å². The molecule has 2 fully saturated rings. The monoisotopic (exact) mass is 423 g/mol. The van der Waals surface area contributed by atoms with Crippen molar-refractivity contribution in [2.24, 2.45) is 0 Å². The van der Waals surface area contributed by atoms with Gasteiger partial charge >= 0.3 is 12.3 Å². The Morgan fingerprint density at radius 3 is 2.73 bits per heavy atom. The summed E-state index contributed by atoms with van der Waals surface area (Å²) in [5, 5.41) is 5.65. The third kappa shape index (κ3) is 4.72. The quantitative estimate of drug-likeness (QED) is 0.770. The molecule has 2 aliphatic heterocycles. The number of pyridine rings is 1. The smallest absolute Gasteiger partial charge is 0.416 e. The topological polar surface area (TPSA) is 81.7 Å². The number of hydrogen-bond donors (Lipinski definition) is 2. The Bertz CT molecular complexity index is 881. The van der Waals surface area contributed by atoms with Crippen LogP contribution in [0.25, 0.3) is 0 Å². The molecule has 7 nitrogen and oxygen atoms in total. The van der Waals surface area contributed by atoms with Gasteiger partial charge in [0.1, 0.15) is 12.2 Å². The van der Waals surface area contributed by atoms with Crippen molar-refractivity contribution in [2.45, 2.75) is 37.1 Å². The van der Waals surface area contributed by atoms with E-state index < -0.39 is 30.0 Å². The summed E-state index contributed by atoms with van der Waals surface area (Å²) in [6, 6.07) is 9.90. The van der Waals surface area contributed by atoms with Crippen molar-refractivity contribution >= 4 is 11.8 Å². The number of halogens is 3. The Morgan fingerprint density at radius 1 is 1.13 bits per heavy atom. The van der Waals surface area contributed by atoms with Gasteiger partial charge in [0.2, 0.25) is 0 Å². The van der Waals surface area contributed by atoms with E-state index in [0.29, 0.717) is 13.2 Å². The van der Waals surface area contributed by atoms with Gasteiger partial charge in [0, 0.05) is 18.4 Å². The van der Waals surface area contributed by atoms with E-state index in [1.807, 2.05) is 18.2 Å². The zero-order chi connectivity index (χ0) is 21.1. The van der Waals surface area contributed by atoms with Gasteiger partial charge < -0.3 is 19.5 Å². The van der Waals surface area contributed by atoms with Crippen LogP contribution in [0.5, 0.6) is 0 Å². The van der Waals surface area contributed by atoms with Gasteiger partial charge in [-0.25, -0.2) is 4.79 Å². The number of hydrogen-bond acceptors (Lipinski definition) is 6. The number of rotatable bonds is 5. The van der Waals surface area contributed by atoms with Crippen LogP contribution in [0.1, 0.15) is 11.3 Å². The fourth-order valence-electron chi connectivity index (χ4n) is 3.54. The Morgan fingerprint density at radius 2 is 1.97 bits per heavy atom. The van der Waals surface area contributed by atoms with Crippen molar-refractivity contribution in [3.63, 3.8) is 0 Å². The van der Waals surface area contributed by atoms with Crippen molar-refractivity contribution in [3.05, 3.63) is 59.9 Å². The van der Waals surface area contributed by atoms with E-state index in [2.05, 4.69) is 15.6 Å². The maximum absolute atomic E-state index is 12.8. The highest BCUT2D eigenvalue weighted by Gasteiger charge is 2.49. The minimum Gasteiger partial charge on any atom is -0.441 e. The predicted octanol–water partition coefficient (Wildman–Crippen LogP) is 2.97. The summed E-state index contributed by atoms with van der Waals surface area (Å²) in [7, 11) is 0. The molecule has 1 amide bonds. The van der Waals surface area contributed by atoms with Crippen molar-refractivity contribution in [2.75, 3.05) is 18.5 Å². The lowest BCUT2D eigenvalue weighted by Crippen LogP contribution is -2.41. The Hall–Kier alpha value is -2.69. The van der Waals surface area contributed by atoms with Crippen LogP contribution < -0.4 is 10.6 Å². The van der Waals surface area contributed by atoms with Crippen molar-refractivity contribution in [1.29, 1.82) is 0 Å². The minimum absolute atomic E-state index is 0.00691. The molecule has 4 rings (SSSR count). The summed E-state index contributed by atoms with van der Waals surface area (Å²) in [5.74, 6) is 0. The second kappa shape index (κ2) is 8.58. The number of ether oxygens (including phenoxy) is 3. The van der Waals surface area contributed by atoms with Crippen LogP contribution in [-0.4, -0.2) is 48.6 Å². The molecule has 160 valence electrons. The summed E-state index contributed by atoms with van der Waals surface area (Å²) < 4.78 is 55.2. The van der Waals surface area contributed by atoms with Crippen molar-refractivity contribution < 1.29 is 32.2 Å². The first-order valence-corrected chi connectivity index (χ1v) is 9.41. The maximum atomic E-state index is 12.8. The van der Waals surface area contributed by atoms with Gasteiger partial charge in [-0.3, -0.25) is 10.3 Å². The van der Waals surface area contributed by atoms with Crippen LogP contribution in [0.3, 0.4) is 0 Å². The number of aromatic nitrogens is 1. The Labute approximate surface area is 170 Å². The number of alkyl halides is 3. The second-order valence-corrected chi connectivity index (χ2v) is 7.05. The molecule has 2 N–H and O–H groups in total. The predicted molar refractivity (Wildman–Crippen MR) is 99.7 cm³/mol. The Balaban J connectivity index is 1.30. The van der Waals surface area contributed by atoms with Crippen LogP contribution in [0.2, 0.25) is 0 Å². The van der Waals surface area contributed by atoms with Gasteiger partial charge in [-0.1, -0.05) is 12.1 Å². The molecule has 0 saturated carbocycles. The highest BCUT2D eigenvalue weighted by atomic mass is 19.4. The number of benzene rings is 1. The van der Waals surface area contributed by atoms with E-state index in [4.69, 9.17) is 14.2 Å². The molecule has 4 atom stereocenters. The van der Waals surface area contributed by atoms with Crippen molar-refractivity contribution in [1.82, 2.24) is 10.3 Å². The molecule has 1 aromatic carbocycles. The lowest BCUT2D eigenvalue weighted by Gasteiger charge is -2.18. The third-order valence-corrected chi connectivity index (χ3v) is 4.97. The minimum atomic E-state index is -4.50. The standard InChI is InChI=1S/C20H20F3N3O4/c21-20(22,23)12-4-3-6-13(8-12)26-19(27)30-16-11-29-17-15(10-28-18(16)17)25-9-14-5-1-2-7-24-14/h1-8,15-18,25H,9-11H2,(H,26,27)/t15-,16+,17+,18+/m0/s1. The molecular weight excluding hydrogens is 403 g/mol. The molecule has 1 aromatic heterocycles. The summed E-state index contributed by atoms with van der Waals surface area (Å²) >= 11 is 0. The fraction of sp³-hybridized carbons (Fsp3) is 0.400. The number of carbonyl (C=O) groups is 1. The average Bonchev–Trinajstić information content (AvgIpc) is 3.30. The number of anilines is 1. The van der Waals surface area contributed by atoms with Crippen LogP contribution in [-0.2, 0) is 26.9 Å². The van der Waals surface area contributed by atoms with Crippen LogP contribution in [0.15, 0.2) is 48.7 Å². The number of carbonyl (C=O) groups excluding carboxylic acids is 1. The lowest BCUT2D eigenvalue weighted by atomic mass is 10.1. The highest BCUT2D eigenvalue weighted by Crippen LogP contribution is 2.31. The number of fused-ring (bicyclic) bond motifs is 1. The van der Waals surface area contributed by atoms with E-state index in [1.165, 1.54) is 12.1 Å². The zero-order valence-corrected chi connectivity index (χ0v) is 15.8. The molecule has 0 spiro atoms. The van der Waals surface area contributed by atoms with E-state index >= 15 is 0 Å². The molecule has 0 unspecified atom stereocenters. The van der Waals surface area contributed by atoms with Crippen molar-refractivity contribution in [3.8, 4) is 0 Å². The summed E-state index contributed by atoms with van der Waals surface area (Å²) in [4.78, 5) is 16.4. The van der Waals surface area contributed by atoms with Crippen LogP contribution in [0.4, 0.5) is 23.7 Å². The molecule has 0 bridgehead atoms. The van der Waals surface area contributed by atoms with Gasteiger partial charge in [0.05, 0.1) is 30.5 Å². The molecule has 2 saturated heterocycles. The van der Waals surface area contributed by atoms with E-state index in [1.54, 1.807) is 6.20 Å². The number of nitrogens with zero attached hydrogens (tertiary/aromatic N) is 1. The molecule has 2 aromatic rings. The molecule has 0 aliphatic carbocycles. The first kappa shape index (κ1) is 20.6. The van der Waals surface area contributed by atoms with E-state index in [-0.39, 0.29) is 24.4 Å². The SMILES string of the molecule is O=C(Nc1cccc(C(F)(F)F)c1)O[C@@H]1CO[C@H]2[C@@H]1OC[C@@H]2NCc1ccccn1. The molecule has 30 heavy (non-hydrogen) atoms. The van der Waals surface area contributed by atoms with Crippen LogP contribution >= 0.6 is 0 Å².